The molecule has 0 aliphatic carbocycles. The first-order valence-corrected chi connectivity index (χ1v) is 8.13. The second kappa shape index (κ2) is 6.26. The number of hydrogen-bond donors (Lipinski definition) is 1. The molecule has 1 N–H and O–H groups in total. The molecule has 1 fully saturated rings. The lowest BCUT2D eigenvalue weighted by Gasteiger charge is -2.32. The average Bonchev–Trinajstić information content (AvgIpc) is 2.93. The molecule has 1 saturated heterocycles. The highest BCUT2D eigenvalue weighted by Gasteiger charge is 2.25. The van der Waals surface area contributed by atoms with Crippen molar-refractivity contribution >= 4 is 28.1 Å². The van der Waals surface area contributed by atoms with E-state index in [0.29, 0.717) is 5.13 Å². The minimum absolute atomic E-state index is 0.0918. The van der Waals surface area contributed by atoms with Crippen molar-refractivity contribution in [1.82, 2.24) is 4.98 Å². The maximum Gasteiger partial charge on any atom is 0.229 e. The van der Waals surface area contributed by atoms with Gasteiger partial charge in [0.25, 0.3) is 0 Å². The van der Waals surface area contributed by atoms with Crippen LogP contribution in [0.25, 0.3) is 0 Å². The second-order valence-electron chi connectivity index (χ2n) is 5.38. The first-order valence-electron chi connectivity index (χ1n) is 7.25. The van der Waals surface area contributed by atoms with Gasteiger partial charge >= 0.3 is 0 Å². The van der Waals surface area contributed by atoms with E-state index >= 15 is 0 Å². The van der Waals surface area contributed by atoms with Crippen LogP contribution in [-0.4, -0.2) is 24.0 Å². The van der Waals surface area contributed by atoms with Crippen LogP contribution in [0, 0.1) is 12.8 Å². The topological polar surface area (TPSA) is 45.2 Å². The van der Waals surface area contributed by atoms with Crippen molar-refractivity contribution in [3.8, 4) is 0 Å². The summed E-state index contributed by atoms with van der Waals surface area (Å²) in [4.78, 5) is 18.9. The summed E-state index contributed by atoms with van der Waals surface area (Å²) in [6, 6.07) is 10.4. The lowest BCUT2D eigenvalue weighted by Crippen LogP contribution is -2.38. The predicted molar refractivity (Wildman–Crippen MR) is 86.9 cm³/mol. The quantitative estimate of drug-likeness (QED) is 0.946. The molecule has 0 radical (unpaired) electrons. The number of thiazole rings is 1. The van der Waals surface area contributed by atoms with E-state index in [-0.39, 0.29) is 11.8 Å². The highest BCUT2D eigenvalue weighted by molar-refractivity contribution is 7.13. The van der Waals surface area contributed by atoms with Gasteiger partial charge in [0, 0.05) is 30.1 Å². The molecule has 0 spiro atoms. The van der Waals surface area contributed by atoms with E-state index in [1.54, 1.807) is 0 Å². The maximum absolute atomic E-state index is 12.3. The number of amides is 1. The van der Waals surface area contributed by atoms with Crippen LogP contribution < -0.4 is 10.2 Å². The number of para-hydroxylation sites is 1. The van der Waals surface area contributed by atoms with E-state index < -0.39 is 0 Å². The minimum Gasteiger partial charge on any atom is -0.371 e. The molecule has 1 aliphatic heterocycles. The highest BCUT2D eigenvalue weighted by Crippen LogP contribution is 2.24. The Morgan fingerprint density at radius 2 is 2.00 bits per heavy atom. The fraction of sp³-hybridized carbons (Fsp3) is 0.375. The van der Waals surface area contributed by atoms with Gasteiger partial charge in [-0.15, -0.1) is 11.3 Å². The number of nitrogens with one attached hydrogen (secondary N) is 1. The Balaban J connectivity index is 1.54. The van der Waals surface area contributed by atoms with Crippen molar-refractivity contribution in [2.75, 3.05) is 23.3 Å². The Morgan fingerprint density at radius 1 is 1.29 bits per heavy atom. The van der Waals surface area contributed by atoms with Gasteiger partial charge in [0.05, 0.1) is 5.69 Å². The van der Waals surface area contributed by atoms with Gasteiger partial charge in [-0.25, -0.2) is 4.98 Å². The number of hydrogen-bond acceptors (Lipinski definition) is 4. The van der Waals surface area contributed by atoms with Crippen LogP contribution in [0.2, 0.25) is 0 Å². The SMILES string of the molecule is Cc1csc(NC(=O)C2CCN(c3ccccc3)CC2)n1. The Morgan fingerprint density at radius 3 is 2.62 bits per heavy atom. The summed E-state index contributed by atoms with van der Waals surface area (Å²) in [5, 5.41) is 5.60. The summed E-state index contributed by atoms with van der Waals surface area (Å²) < 4.78 is 0. The number of benzene rings is 1. The standard InChI is InChI=1S/C16H19N3OS/c1-12-11-21-16(17-12)18-15(20)13-7-9-19(10-8-13)14-5-3-2-4-6-14/h2-6,11,13H,7-10H2,1H3,(H,17,18,20). The summed E-state index contributed by atoms with van der Waals surface area (Å²) in [5.74, 6) is 0.200. The summed E-state index contributed by atoms with van der Waals surface area (Å²) in [7, 11) is 0. The summed E-state index contributed by atoms with van der Waals surface area (Å²) in [5.41, 5.74) is 2.20. The first-order chi connectivity index (χ1) is 10.2. The van der Waals surface area contributed by atoms with E-state index in [2.05, 4.69) is 39.5 Å². The van der Waals surface area contributed by atoms with Crippen LogP contribution in [-0.2, 0) is 4.79 Å². The zero-order chi connectivity index (χ0) is 14.7. The van der Waals surface area contributed by atoms with Crippen LogP contribution in [0.5, 0.6) is 0 Å². The van der Waals surface area contributed by atoms with E-state index in [9.17, 15) is 4.79 Å². The summed E-state index contributed by atoms with van der Waals surface area (Å²) in [6.45, 7) is 3.79. The number of carbonyl (C=O) groups is 1. The van der Waals surface area contributed by atoms with Gasteiger partial charge in [-0.1, -0.05) is 18.2 Å². The van der Waals surface area contributed by atoms with E-state index in [1.165, 1.54) is 17.0 Å². The van der Waals surface area contributed by atoms with Gasteiger partial charge in [0.15, 0.2) is 5.13 Å². The molecule has 0 bridgehead atoms. The molecule has 110 valence electrons. The third-order valence-corrected chi connectivity index (χ3v) is 4.71. The Labute approximate surface area is 128 Å². The van der Waals surface area contributed by atoms with Gasteiger partial charge in [0.1, 0.15) is 0 Å². The molecule has 2 aromatic rings. The monoisotopic (exact) mass is 301 g/mol. The van der Waals surface area contributed by atoms with Crippen molar-refractivity contribution in [3.05, 3.63) is 41.4 Å². The Kier molecular flexibility index (Phi) is 4.20. The lowest BCUT2D eigenvalue weighted by molar-refractivity contribution is -0.120. The van der Waals surface area contributed by atoms with E-state index in [0.717, 1.165) is 31.6 Å². The number of piperidine rings is 1. The zero-order valence-corrected chi connectivity index (χ0v) is 12.9. The normalized spacial score (nSPS) is 16.0. The summed E-state index contributed by atoms with van der Waals surface area (Å²) in [6.07, 6.45) is 1.79. The molecule has 4 nitrogen and oxygen atoms in total. The molecule has 5 heteroatoms. The number of anilines is 2. The highest BCUT2D eigenvalue weighted by atomic mass is 32.1. The molecule has 2 heterocycles. The third-order valence-electron chi connectivity index (χ3n) is 3.84. The smallest absolute Gasteiger partial charge is 0.229 e. The van der Waals surface area contributed by atoms with Crippen molar-refractivity contribution in [2.24, 2.45) is 5.92 Å². The lowest BCUT2D eigenvalue weighted by atomic mass is 9.95. The average molecular weight is 301 g/mol. The number of carbonyl (C=O) groups excluding carboxylic acids is 1. The molecule has 1 amide bonds. The van der Waals surface area contributed by atoms with Crippen LogP contribution in [0.1, 0.15) is 18.5 Å². The molecular formula is C16H19N3OS. The van der Waals surface area contributed by atoms with E-state index in [1.807, 2.05) is 18.4 Å². The van der Waals surface area contributed by atoms with Crippen LogP contribution in [0.3, 0.4) is 0 Å². The molecule has 0 atom stereocenters. The molecule has 3 rings (SSSR count). The molecule has 1 aromatic carbocycles. The van der Waals surface area contributed by atoms with Crippen molar-refractivity contribution in [3.63, 3.8) is 0 Å². The van der Waals surface area contributed by atoms with Gasteiger partial charge in [0.2, 0.25) is 5.91 Å². The van der Waals surface area contributed by atoms with Crippen LogP contribution >= 0.6 is 11.3 Å². The van der Waals surface area contributed by atoms with Crippen molar-refractivity contribution in [2.45, 2.75) is 19.8 Å². The maximum atomic E-state index is 12.3. The molecular weight excluding hydrogens is 282 g/mol. The fourth-order valence-electron chi connectivity index (χ4n) is 2.66. The molecule has 1 aliphatic rings. The van der Waals surface area contributed by atoms with Crippen molar-refractivity contribution in [1.29, 1.82) is 0 Å². The van der Waals surface area contributed by atoms with E-state index in [4.69, 9.17) is 0 Å². The Bertz CT molecular complexity index is 603. The zero-order valence-electron chi connectivity index (χ0n) is 12.1. The number of nitrogens with zero attached hydrogens (tertiary/aromatic N) is 2. The number of aryl methyl sites for hydroxylation is 1. The molecule has 21 heavy (non-hydrogen) atoms. The second-order valence-corrected chi connectivity index (χ2v) is 6.24. The number of aromatic nitrogens is 1. The van der Waals surface area contributed by atoms with Crippen molar-refractivity contribution < 1.29 is 4.79 Å². The first kappa shape index (κ1) is 14.1. The summed E-state index contributed by atoms with van der Waals surface area (Å²) >= 11 is 1.49. The van der Waals surface area contributed by atoms with Gasteiger partial charge < -0.3 is 10.2 Å². The molecule has 0 unspecified atom stereocenters. The predicted octanol–water partition coefficient (Wildman–Crippen LogP) is 3.31. The van der Waals surface area contributed by atoms with Gasteiger partial charge in [-0.05, 0) is 31.9 Å². The Hall–Kier alpha value is -1.88. The minimum atomic E-state index is 0.0918. The van der Waals surface area contributed by atoms with Gasteiger partial charge in [-0.3, -0.25) is 4.79 Å². The van der Waals surface area contributed by atoms with Crippen LogP contribution in [0.4, 0.5) is 10.8 Å². The third kappa shape index (κ3) is 3.42. The fourth-order valence-corrected chi connectivity index (χ4v) is 3.35. The van der Waals surface area contributed by atoms with Gasteiger partial charge in [-0.2, -0.15) is 0 Å². The largest absolute Gasteiger partial charge is 0.371 e. The number of rotatable bonds is 3. The molecule has 1 aromatic heterocycles. The van der Waals surface area contributed by atoms with Crippen LogP contribution in [0.15, 0.2) is 35.7 Å². The molecule has 0 saturated carbocycles.